The van der Waals surface area contributed by atoms with E-state index in [0.717, 1.165) is 41.8 Å². The van der Waals surface area contributed by atoms with E-state index in [9.17, 15) is 9.59 Å². The summed E-state index contributed by atoms with van der Waals surface area (Å²) in [6.45, 7) is 2.58. The molecule has 4 aromatic rings. The van der Waals surface area contributed by atoms with Gasteiger partial charge < -0.3 is 19.5 Å². The quantitative estimate of drug-likeness (QED) is 0.395. The first-order valence-corrected chi connectivity index (χ1v) is 11.8. The number of imidazole rings is 1. The molecule has 1 aliphatic heterocycles. The lowest BCUT2D eigenvalue weighted by atomic mass is 10.1. The lowest BCUT2D eigenvalue weighted by Gasteiger charge is -2.23. The number of ether oxygens (including phenoxy) is 1. The largest absolute Gasteiger partial charge is 0.496 e. The monoisotopic (exact) mass is 504 g/mol. The fraction of sp³-hybridized carbons (Fsp3) is 0.250. The number of benzene rings is 3. The Labute approximate surface area is 216 Å². The van der Waals surface area contributed by atoms with E-state index in [0.29, 0.717) is 29.1 Å². The Morgan fingerprint density at radius 1 is 1.03 bits per heavy atom. The zero-order valence-electron chi connectivity index (χ0n) is 20.6. The average Bonchev–Trinajstić information content (AvgIpc) is 3.05. The summed E-state index contributed by atoms with van der Waals surface area (Å²) < 4.78 is 7.52. The Morgan fingerprint density at radius 2 is 1.83 bits per heavy atom. The number of para-hydroxylation sites is 2. The minimum atomic E-state index is -0.322. The van der Waals surface area contributed by atoms with Gasteiger partial charge in [-0.2, -0.15) is 0 Å². The predicted molar refractivity (Wildman–Crippen MR) is 145 cm³/mol. The number of aryl methyl sites for hydroxylation is 3. The maximum absolute atomic E-state index is 13.5. The van der Waals surface area contributed by atoms with Gasteiger partial charge in [0.25, 0.3) is 11.8 Å². The maximum Gasteiger partial charge on any atom is 0.259 e. The summed E-state index contributed by atoms with van der Waals surface area (Å²) >= 11 is 0. The molecule has 0 fully saturated rings. The molecule has 0 saturated carbocycles. The highest BCUT2D eigenvalue weighted by Crippen LogP contribution is 2.30. The van der Waals surface area contributed by atoms with Gasteiger partial charge in [-0.25, -0.2) is 4.98 Å². The van der Waals surface area contributed by atoms with Gasteiger partial charge in [-0.05, 0) is 68.1 Å². The van der Waals surface area contributed by atoms with Gasteiger partial charge in [0.05, 0.1) is 23.9 Å². The fourth-order valence-electron chi connectivity index (χ4n) is 4.69. The summed E-state index contributed by atoms with van der Waals surface area (Å²) in [4.78, 5) is 33.1. The van der Waals surface area contributed by atoms with E-state index in [1.54, 1.807) is 18.2 Å². The van der Waals surface area contributed by atoms with E-state index in [-0.39, 0.29) is 24.2 Å². The number of amides is 2. The van der Waals surface area contributed by atoms with Crippen molar-refractivity contribution in [2.75, 3.05) is 23.9 Å². The van der Waals surface area contributed by atoms with Crippen LogP contribution in [-0.2, 0) is 13.5 Å². The third-order valence-electron chi connectivity index (χ3n) is 6.68. The maximum atomic E-state index is 13.5. The van der Waals surface area contributed by atoms with Crippen molar-refractivity contribution in [2.45, 2.75) is 26.2 Å². The number of rotatable bonds is 4. The van der Waals surface area contributed by atoms with Crippen LogP contribution in [0.5, 0.6) is 5.75 Å². The van der Waals surface area contributed by atoms with Crippen molar-refractivity contribution in [1.82, 2.24) is 9.55 Å². The number of carbonyl (C=O) groups is 2. The minimum absolute atomic E-state index is 0. The highest BCUT2D eigenvalue weighted by Gasteiger charge is 2.24. The number of methoxy groups -OCH3 is 1. The summed E-state index contributed by atoms with van der Waals surface area (Å²) in [5.41, 5.74) is 5.26. The molecule has 7 nitrogen and oxygen atoms in total. The van der Waals surface area contributed by atoms with Crippen molar-refractivity contribution in [3.63, 3.8) is 0 Å². The highest BCUT2D eigenvalue weighted by atomic mass is 35.5. The van der Waals surface area contributed by atoms with Crippen molar-refractivity contribution in [3.05, 3.63) is 83.2 Å². The lowest BCUT2D eigenvalue weighted by Crippen LogP contribution is -2.31. The second-order valence-electron chi connectivity index (χ2n) is 8.80. The van der Waals surface area contributed by atoms with Crippen molar-refractivity contribution in [2.24, 2.45) is 7.05 Å². The van der Waals surface area contributed by atoms with E-state index >= 15 is 0 Å². The Morgan fingerprint density at radius 3 is 2.64 bits per heavy atom. The van der Waals surface area contributed by atoms with E-state index in [1.165, 1.54) is 12.7 Å². The van der Waals surface area contributed by atoms with Crippen LogP contribution in [0.25, 0.3) is 11.0 Å². The molecule has 2 amide bonds. The van der Waals surface area contributed by atoms with E-state index in [1.807, 2.05) is 59.8 Å². The molecule has 8 heteroatoms. The summed E-state index contributed by atoms with van der Waals surface area (Å²) in [5, 5.41) is 2.96. The van der Waals surface area contributed by atoms with Crippen molar-refractivity contribution >= 4 is 46.6 Å². The van der Waals surface area contributed by atoms with Crippen LogP contribution in [0.4, 0.5) is 11.4 Å². The number of hydrogen-bond acceptors (Lipinski definition) is 4. The summed E-state index contributed by atoms with van der Waals surface area (Å²) in [7, 11) is 3.45. The van der Waals surface area contributed by atoms with E-state index in [4.69, 9.17) is 4.74 Å². The topological polar surface area (TPSA) is 76.5 Å². The van der Waals surface area contributed by atoms with Crippen molar-refractivity contribution < 1.29 is 14.3 Å². The van der Waals surface area contributed by atoms with Gasteiger partial charge in [-0.3, -0.25) is 9.59 Å². The molecule has 0 bridgehead atoms. The number of fused-ring (bicyclic) bond motifs is 2. The van der Waals surface area contributed by atoms with Crippen LogP contribution in [0.1, 0.15) is 44.9 Å². The van der Waals surface area contributed by atoms with Gasteiger partial charge in [-0.15, -0.1) is 12.4 Å². The Balaban J connectivity index is 0.00000304. The number of carbonyl (C=O) groups excluding carboxylic acids is 2. The molecule has 1 aromatic heterocycles. The van der Waals surface area contributed by atoms with Crippen LogP contribution in [0, 0.1) is 6.92 Å². The standard InChI is InChI=1S/C28H28N4O3.ClH/c1-18-29-26-22(11-8-13-24(26)31(18)2)30-27(33)21-15-14-20(17-25(21)35-3)28(34)32-16-7-6-10-19-9-4-5-12-23(19)32;/h4-5,8-9,11-15,17H,6-7,10,16H2,1-3H3,(H,30,33);1H. The first-order valence-electron chi connectivity index (χ1n) is 11.8. The smallest absolute Gasteiger partial charge is 0.259 e. The predicted octanol–water partition coefficient (Wildman–Crippen LogP) is 5.55. The highest BCUT2D eigenvalue weighted by molar-refractivity contribution is 6.11. The molecule has 0 saturated heterocycles. The number of anilines is 2. The normalized spacial score (nSPS) is 12.9. The van der Waals surface area contributed by atoms with Gasteiger partial charge in [0.1, 0.15) is 17.1 Å². The van der Waals surface area contributed by atoms with Crippen LogP contribution in [0.2, 0.25) is 0 Å². The van der Waals surface area contributed by atoms with E-state index in [2.05, 4.69) is 16.4 Å². The van der Waals surface area contributed by atoms with Crippen LogP contribution >= 0.6 is 12.4 Å². The SMILES string of the molecule is COc1cc(C(=O)N2CCCCc3ccccc32)ccc1C(=O)Nc1cccc2c1nc(C)n2C.Cl. The molecule has 36 heavy (non-hydrogen) atoms. The van der Waals surface area contributed by atoms with Crippen LogP contribution < -0.4 is 15.0 Å². The minimum Gasteiger partial charge on any atom is -0.496 e. The Bertz CT molecular complexity index is 1450. The van der Waals surface area contributed by atoms with Gasteiger partial charge in [0.2, 0.25) is 0 Å². The molecule has 0 atom stereocenters. The third kappa shape index (κ3) is 4.54. The first kappa shape index (κ1) is 25.3. The van der Waals surface area contributed by atoms with Gasteiger partial charge in [0.15, 0.2) is 0 Å². The van der Waals surface area contributed by atoms with Crippen LogP contribution in [0.15, 0.2) is 60.7 Å². The van der Waals surface area contributed by atoms with Crippen LogP contribution in [0.3, 0.4) is 0 Å². The zero-order chi connectivity index (χ0) is 24.5. The molecule has 5 rings (SSSR count). The fourth-order valence-corrected chi connectivity index (χ4v) is 4.69. The Hall–Kier alpha value is -3.84. The number of halogens is 1. The summed E-state index contributed by atoms with van der Waals surface area (Å²) in [6, 6.07) is 18.7. The average molecular weight is 505 g/mol. The molecule has 0 radical (unpaired) electrons. The van der Waals surface area contributed by atoms with Gasteiger partial charge >= 0.3 is 0 Å². The number of nitrogens with one attached hydrogen (secondary N) is 1. The second kappa shape index (κ2) is 10.4. The summed E-state index contributed by atoms with van der Waals surface area (Å²) in [5.74, 6) is 0.785. The van der Waals surface area contributed by atoms with Gasteiger partial charge in [-0.1, -0.05) is 24.3 Å². The van der Waals surface area contributed by atoms with Gasteiger partial charge in [0, 0.05) is 24.8 Å². The molecular weight excluding hydrogens is 476 g/mol. The van der Waals surface area contributed by atoms with E-state index < -0.39 is 0 Å². The number of nitrogens with zero attached hydrogens (tertiary/aromatic N) is 3. The lowest BCUT2D eigenvalue weighted by molar-refractivity contribution is 0.0982. The number of aromatic nitrogens is 2. The van der Waals surface area contributed by atoms with Crippen molar-refractivity contribution in [3.8, 4) is 5.75 Å². The Kier molecular flexibility index (Phi) is 7.31. The molecule has 0 unspecified atom stereocenters. The molecule has 1 aliphatic rings. The summed E-state index contributed by atoms with van der Waals surface area (Å²) in [6.07, 6.45) is 2.95. The first-order chi connectivity index (χ1) is 17.0. The molecule has 186 valence electrons. The zero-order valence-corrected chi connectivity index (χ0v) is 21.4. The molecule has 0 spiro atoms. The number of hydrogen-bond donors (Lipinski definition) is 1. The molecule has 0 aliphatic carbocycles. The second-order valence-corrected chi connectivity index (χ2v) is 8.80. The van der Waals surface area contributed by atoms with Crippen molar-refractivity contribution in [1.29, 1.82) is 0 Å². The molecule has 1 N–H and O–H groups in total. The molecule has 2 heterocycles. The molecule has 3 aromatic carbocycles. The van der Waals surface area contributed by atoms with Crippen LogP contribution in [-0.4, -0.2) is 35.0 Å². The molecular formula is C28H29ClN4O3. The third-order valence-corrected chi connectivity index (χ3v) is 6.68.